The fourth-order valence-corrected chi connectivity index (χ4v) is 1.89. The highest BCUT2D eigenvalue weighted by Gasteiger charge is 2.11. The molecule has 0 saturated carbocycles. The van der Waals surface area contributed by atoms with Crippen LogP contribution in [-0.2, 0) is 6.54 Å². The highest BCUT2D eigenvalue weighted by molar-refractivity contribution is 5.62. The standard InChI is InChI=1S/C14H18N2O2/c1-9(2)12-6-10(4-5-14(12)17-3)13-7-11(8-15)18-16-13/h4-7,9H,8,15H2,1-3H3. The van der Waals surface area contributed by atoms with Crippen LogP contribution in [0.2, 0.25) is 0 Å². The maximum absolute atomic E-state index is 5.51. The first kappa shape index (κ1) is 12.6. The quantitative estimate of drug-likeness (QED) is 0.901. The number of hydrogen-bond donors (Lipinski definition) is 1. The van der Waals surface area contributed by atoms with Gasteiger partial charge in [0.1, 0.15) is 11.4 Å². The lowest BCUT2D eigenvalue weighted by atomic mass is 9.98. The van der Waals surface area contributed by atoms with Crippen LogP contribution in [0, 0.1) is 0 Å². The molecule has 4 nitrogen and oxygen atoms in total. The normalized spacial score (nSPS) is 10.9. The van der Waals surface area contributed by atoms with Gasteiger partial charge in [-0.3, -0.25) is 0 Å². The Balaban J connectivity index is 2.42. The second-order valence-corrected chi connectivity index (χ2v) is 4.49. The first-order valence-electron chi connectivity index (χ1n) is 5.99. The first-order valence-corrected chi connectivity index (χ1v) is 5.99. The van der Waals surface area contributed by atoms with Crippen molar-refractivity contribution in [2.75, 3.05) is 7.11 Å². The van der Waals surface area contributed by atoms with Crippen molar-refractivity contribution in [3.8, 4) is 17.0 Å². The molecule has 96 valence electrons. The van der Waals surface area contributed by atoms with E-state index in [4.69, 9.17) is 15.0 Å². The SMILES string of the molecule is COc1ccc(-c2cc(CN)on2)cc1C(C)C. The maximum Gasteiger partial charge on any atom is 0.150 e. The topological polar surface area (TPSA) is 61.3 Å². The van der Waals surface area contributed by atoms with Gasteiger partial charge in [0.15, 0.2) is 5.76 Å². The molecule has 0 bridgehead atoms. The Morgan fingerprint density at radius 1 is 1.33 bits per heavy atom. The lowest BCUT2D eigenvalue weighted by Crippen LogP contribution is -1.95. The van der Waals surface area contributed by atoms with E-state index in [0.717, 1.165) is 22.6 Å². The molecule has 0 atom stereocenters. The summed E-state index contributed by atoms with van der Waals surface area (Å²) in [6, 6.07) is 7.89. The minimum atomic E-state index is 0.361. The van der Waals surface area contributed by atoms with Crippen LogP contribution in [-0.4, -0.2) is 12.3 Å². The van der Waals surface area contributed by atoms with Crippen molar-refractivity contribution < 1.29 is 9.26 Å². The Kier molecular flexibility index (Phi) is 3.67. The van der Waals surface area contributed by atoms with E-state index >= 15 is 0 Å². The summed E-state index contributed by atoms with van der Waals surface area (Å²) in [5.41, 5.74) is 8.49. The number of benzene rings is 1. The molecule has 0 unspecified atom stereocenters. The van der Waals surface area contributed by atoms with Crippen LogP contribution >= 0.6 is 0 Å². The van der Waals surface area contributed by atoms with Crippen molar-refractivity contribution in [2.24, 2.45) is 5.73 Å². The largest absolute Gasteiger partial charge is 0.496 e. The number of aromatic nitrogens is 1. The van der Waals surface area contributed by atoms with Crippen molar-refractivity contribution in [2.45, 2.75) is 26.3 Å². The van der Waals surface area contributed by atoms with Gasteiger partial charge in [-0.1, -0.05) is 19.0 Å². The van der Waals surface area contributed by atoms with Gasteiger partial charge in [-0.15, -0.1) is 0 Å². The van der Waals surface area contributed by atoms with E-state index in [1.165, 1.54) is 0 Å². The molecule has 0 aliphatic rings. The average Bonchev–Trinajstić information content (AvgIpc) is 2.86. The molecule has 0 aliphatic heterocycles. The molecule has 1 aromatic carbocycles. The Morgan fingerprint density at radius 3 is 2.67 bits per heavy atom. The Morgan fingerprint density at radius 2 is 2.11 bits per heavy atom. The summed E-state index contributed by atoms with van der Waals surface area (Å²) in [7, 11) is 1.68. The van der Waals surface area contributed by atoms with E-state index < -0.39 is 0 Å². The van der Waals surface area contributed by atoms with Crippen LogP contribution in [0.25, 0.3) is 11.3 Å². The summed E-state index contributed by atoms with van der Waals surface area (Å²) in [5.74, 6) is 1.98. The molecular weight excluding hydrogens is 228 g/mol. The molecule has 2 N–H and O–H groups in total. The fraction of sp³-hybridized carbons (Fsp3) is 0.357. The minimum Gasteiger partial charge on any atom is -0.496 e. The van der Waals surface area contributed by atoms with E-state index in [1.807, 2.05) is 18.2 Å². The molecule has 0 fully saturated rings. The molecule has 0 radical (unpaired) electrons. The zero-order valence-corrected chi connectivity index (χ0v) is 10.9. The summed E-state index contributed by atoms with van der Waals surface area (Å²) in [6.07, 6.45) is 0. The van der Waals surface area contributed by atoms with E-state index in [0.29, 0.717) is 18.2 Å². The zero-order valence-electron chi connectivity index (χ0n) is 10.9. The smallest absolute Gasteiger partial charge is 0.150 e. The molecule has 0 aliphatic carbocycles. The number of methoxy groups -OCH3 is 1. The van der Waals surface area contributed by atoms with Gasteiger partial charge < -0.3 is 15.0 Å². The number of nitrogens with zero attached hydrogens (tertiary/aromatic N) is 1. The molecule has 0 saturated heterocycles. The Bertz CT molecular complexity index is 532. The van der Waals surface area contributed by atoms with Crippen molar-refractivity contribution in [3.05, 3.63) is 35.6 Å². The van der Waals surface area contributed by atoms with Crippen molar-refractivity contribution in [3.63, 3.8) is 0 Å². The van der Waals surface area contributed by atoms with E-state index in [1.54, 1.807) is 7.11 Å². The number of rotatable bonds is 4. The van der Waals surface area contributed by atoms with Crippen LogP contribution in [0.3, 0.4) is 0 Å². The van der Waals surface area contributed by atoms with Crippen LogP contribution in [0.4, 0.5) is 0 Å². The number of ether oxygens (including phenoxy) is 1. The highest BCUT2D eigenvalue weighted by Crippen LogP contribution is 2.31. The molecule has 0 amide bonds. The first-order chi connectivity index (χ1) is 8.65. The van der Waals surface area contributed by atoms with Crippen LogP contribution < -0.4 is 10.5 Å². The van der Waals surface area contributed by atoms with E-state index in [2.05, 4.69) is 25.1 Å². The minimum absolute atomic E-state index is 0.361. The lowest BCUT2D eigenvalue weighted by molar-refractivity contribution is 0.387. The summed E-state index contributed by atoms with van der Waals surface area (Å²) < 4.78 is 10.5. The molecule has 0 spiro atoms. The molecule has 4 heteroatoms. The number of nitrogens with two attached hydrogens (primary N) is 1. The van der Waals surface area contributed by atoms with Crippen LogP contribution in [0.5, 0.6) is 5.75 Å². The number of hydrogen-bond acceptors (Lipinski definition) is 4. The van der Waals surface area contributed by atoms with Gasteiger partial charge in [0.2, 0.25) is 0 Å². The highest BCUT2D eigenvalue weighted by atomic mass is 16.5. The molecule has 1 aromatic heterocycles. The Labute approximate surface area is 107 Å². The summed E-state index contributed by atoms with van der Waals surface area (Å²) >= 11 is 0. The summed E-state index contributed by atoms with van der Waals surface area (Å²) in [5, 5.41) is 4.02. The van der Waals surface area contributed by atoms with Gasteiger partial charge in [0, 0.05) is 11.6 Å². The predicted octanol–water partition coefficient (Wildman–Crippen LogP) is 2.93. The van der Waals surface area contributed by atoms with Gasteiger partial charge in [0.25, 0.3) is 0 Å². The molecule has 18 heavy (non-hydrogen) atoms. The van der Waals surface area contributed by atoms with Crippen molar-refractivity contribution in [1.82, 2.24) is 5.16 Å². The Hall–Kier alpha value is -1.81. The monoisotopic (exact) mass is 246 g/mol. The summed E-state index contributed by atoms with van der Waals surface area (Å²) in [4.78, 5) is 0. The van der Waals surface area contributed by atoms with E-state index in [9.17, 15) is 0 Å². The van der Waals surface area contributed by atoms with Gasteiger partial charge >= 0.3 is 0 Å². The van der Waals surface area contributed by atoms with Crippen molar-refractivity contribution in [1.29, 1.82) is 0 Å². The van der Waals surface area contributed by atoms with Crippen LogP contribution in [0.1, 0.15) is 31.1 Å². The second kappa shape index (κ2) is 5.23. The van der Waals surface area contributed by atoms with Gasteiger partial charge in [-0.25, -0.2) is 0 Å². The second-order valence-electron chi connectivity index (χ2n) is 4.49. The fourth-order valence-electron chi connectivity index (χ4n) is 1.89. The molecule has 2 rings (SSSR count). The zero-order chi connectivity index (χ0) is 13.1. The average molecular weight is 246 g/mol. The third-order valence-electron chi connectivity index (χ3n) is 2.91. The third kappa shape index (κ3) is 2.38. The molecular formula is C14H18N2O2. The maximum atomic E-state index is 5.51. The van der Waals surface area contributed by atoms with Crippen molar-refractivity contribution >= 4 is 0 Å². The van der Waals surface area contributed by atoms with Gasteiger partial charge in [-0.2, -0.15) is 0 Å². The molecule has 1 heterocycles. The summed E-state index contributed by atoms with van der Waals surface area (Å²) in [6.45, 7) is 4.63. The molecule has 2 aromatic rings. The van der Waals surface area contributed by atoms with Gasteiger partial charge in [0.05, 0.1) is 13.7 Å². The lowest BCUT2D eigenvalue weighted by Gasteiger charge is -2.12. The van der Waals surface area contributed by atoms with E-state index in [-0.39, 0.29) is 0 Å². The third-order valence-corrected chi connectivity index (χ3v) is 2.91. The predicted molar refractivity (Wildman–Crippen MR) is 70.5 cm³/mol. The van der Waals surface area contributed by atoms with Crippen LogP contribution in [0.15, 0.2) is 28.8 Å². The van der Waals surface area contributed by atoms with Gasteiger partial charge in [-0.05, 0) is 29.7 Å².